The van der Waals surface area contributed by atoms with Crippen molar-refractivity contribution in [2.24, 2.45) is 13.0 Å². The third-order valence-electron chi connectivity index (χ3n) is 6.30. The summed E-state index contributed by atoms with van der Waals surface area (Å²) in [4.78, 5) is 26.2. The van der Waals surface area contributed by atoms with Crippen LogP contribution in [-0.2, 0) is 34.8 Å². The van der Waals surface area contributed by atoms with Gasteiger partial charge in [0.2, 0.25) is 15.9 Å². The molecule has 1 aliphatic rings. The first-order valence-corrected chi connectivity index (χ1v) is 12.3. The molecule has 1 aliphatic heterocycles. The van der Waals surface area contributed by atoms with Crippen LogP contribution in [0.25, 0.3) is 11.1 Å². The minimum absolute atomic E-state index is 0.0293. The fourth-order valence-corrected chi connectivity index (χ4v) is 5.31. The van der Waals surface area contributed by atoms with E-state index in [1.54, 1.807) is 18.3 Å². The first kappa shape index (κ1) is 23.2. The molecule has 178 valence electrons. The van der Waals surface area contributed by atoms with Crippen molar-refractivity contribution in [3.8, 4) is 0 Å². The molecule has 1 aromatic carbocycles. The number of aromatic nitrogens is 4. The number of aryl methyl sites for hydroxylation is 2. The lowest BCUT2D eigenvalue weighted by Gasteiger charge is -2.32. The van der Waals surface area contributed by atoms with Crippen LogP contribution < -0.4 is 5.76 Å². The van der Waals surface area contributed by atoms with Gasteiger partial charge in [0.05, 0.1) is 17.0 Å². The fourth-order valence-electron chi connectivity index (χ4n) is 4.18. The summed E-state index contributed by atoms with van der Waals surface area (Å²) in [5, 5.41) is 8.16. The van der Waals surface area contributed by atoms with Crippen LogP contribution >= 0.6 is 0 Å². The van der Waals surface area contributed by atoms with Gasteiger partial charge in [-0.3, -0.25) is 9.36 Å². The van der Waals surface area contributed by atoms with Crippen molar-refractivity contribution in [3.63, 3.8) is 0 Å². The molecule has 1 saturated heterocycles. The van der Waals surface area contributed by atoms with Gasteiger partial charge in [-0.15, -0.1) is 10.2 Å². The van der Waals surface area contributed by atoms with Crippen molar-refractivity contribution in [1.29, 1.82) is 0 Å². The van der Waals surface area contributed by atoms with Gasteiger partial charge in [-0.05, 0) is 37.8 Å². The van der Waals surface area contributed by atoms with E-state index in [2.05, 4.69) is 10.2 Å². The van der Waals surface area contributed by atoms with Crippen LogP contribution in [0.2, 0.25) is 0 Å². The van der Waals surface area contributed by atoms with Gasteiger partial charge in [-0.25, -0.2) is 13.2 Å². The van der Waals surface area contributed by atoms with Crippen molar-refractivity contribution in [1.82, 2.24) is 28.5 Å². The molecule has 0 atom stereocenters. The van der Waals surface area contributed by atoms with Crippen molar-refractivity contribution >= 4 is 27.0 Å². The van der Waals surface area contributed by atoms with E-state index in [4.69, 9.17) is 4.42 Å². The summed E-state index contributed by atoms with van der Waals surface area (Å²) < 4.78 is 35.4. The van der Waals surface area contributed by atoms with Crippen LogP contribution in [0.15, 0.2) is 38.6 Å². The van der Waals surface area contributed by atoms with Crippen LogP contribution in [0.4, 0.5) is 0 Å². The predicted molar refractivity (Wildman–Crippen MR) is 120 cm³/mol. The Kier molecular flexibility index (Phi) is 6.39. The summed E-state index contributed by atoms with van der Waals surface area (Å²) in [6.45, 7) is 3.78. The number of sulfonamides is 1. The first-order valence-electron chi connectivity index (χ1n) is 10.9. The number of rotatable bonds is 7. The molecule has 0 radical (unpaired) electrons. The molecule has 1 fully saturated rings. The standard InChI is InChI=1S/C21H28N6O5S/c1-4-26-14-22-23-19(26)11-15-7-9-27(10-8-15)20(28)13-24(2)33(30,31)16-5-6-17-18(12-16)32-21(29)25(17)3/h5-6,12,14-15H,4,7-11,13H2,1-3H3. The Morgan fingerprint density at radius 3 is 2.70 bits per heavy atom. The summed E-state index contributed by atoms with van der Waals surface area (Å²) in [5.74, 6) is 0.571. The van der Waals surface area contributed by atoms with Gasteiger partial charge in [0.1, 0.15) is 12.2 Å². The number of benzene rings is 1. The van der Waals surface area contributed by atoms with E-state index in [1.807, 2.05) is 11.5 Å². The van der Waals surface area contributed by atoms with Crippen LogP contribution in [0.3, 0.4) is 0 Å². The molecule has 0 spiro atoms. The van der Waals surface area contributed by atoms with Crippen LogP contribution in [0.5, 0.6) is 0 Å². The Bertz CT molecular complexity index is 1320. The third-order valence-corrected chi connectivity index (χ3v) is 8.10. The maximum Gasteiger partial charge on any atom is 0.419 e. The van der Waals surface area contributed by atoms with E-state index in [0.717, 1.165) is 35.9 Å². The lowest BCUT2D eigenvalue weighted by atomic mass is 9.93. The van der Waals surface area contributed by atoms with Crippen LogP contribution in [0.1, 0.15) is 25.6 Å². The van der Waals surface area contributed by atoms with Gasteiger partial charge in [-0.2, -0.15) is 4.31 Å². The number of piperidine rings is 1. The molecular formula is C21H28N6O5S. The smallest absolute Gasteiger partial charge is 0.408 e. The number of carbonyl (C=O) groups excluding carboxylic acids is 1. The number of carbonyl (C=O) groups is 1. The number of likely N-dealkylation sites (tertiary alicyclic amines) is 1. The van der Waals surface area contributed by atoms with E-state index < -0.39 is 15.8 Å². The summed E-state index contributed by atoms with van der Waals surface area (Å²) in [6.07, 6.45) is 4.22. The van der Waals surface area contributed by atoms with E-state index in [9.17, 15) is 18.0 Å². The van der Waals surface area contributed by atoms with E-state index in [-0.39, 0.29) is 22.9 Å². The number of nitrogens with zero attached hydrogens (tertiary/aromatic N) is 6. The average Bonchev–Trinajstić information content (AvgIpc) is 3.37. The first-order chi connectivity index (χ1) is 15.7. The second-order valence-electron chi connectivity index (χ2n) is 8.38. The summed E-state index contributed by atoms with van der Waals surface area (Å²) in [7, 11) is -0.999. The monoisotopic (exact) mass is 476 g/mol. The Balaban J connectivity index is 1.37. The van der Waals surface area contributed by atoms with Gasteiger partial charge in [-0.1, -0.05) is 0 Å². The number of fused-ring (bicyclic) bond motifs is 1. The Morgan fingerprint density at radius 1 is 1.27 bits per heavy atom. The maximum absolute atomic E-state index is 13.0. The number of likely N-dealkylation sites (N-methyl/N-ethyl adjacent to an activating group) is 1. The lowest BCUT2D eigenvalue weighted by molar-refractivity contribution is -0.132. The Morgan fingerprint density at radius 2 is 2.00 bits per heavy atom. The number of hydrogen-bond donors (Lipinski definition) is 0. The van der Waals surface area contributed by atoms with Gasteiger partial charge < -0.3 is 13.9 Å². The summed E-state index contributed by atoms with van der Waals surface area (Å²) >= 11 is 0. The molecule has 2 aromatic heterocycles. The second-order valence-corrected chi connectivity index (χ2v) is 10.4. The summed E-state index contributed by atoms with van der Waals surface area (Å²) in [6, 6.07) is 4.24. The van der Waals surface area contributed by atoms with Gasteiger partial charge >= 0.3 is 5.76 Å². The Hall–Kier alpha value is -2.99. The summed E-state index contributed by atoms with van der Waals surface area (Å²) in [5.41, 5.74) is 0.682. The minimum Gasteiger partial charge on any atom is -0.408 e. The van der Waals surface area contributed by atoms with Crippen molar-refractivity contribution in [2.75, 3.05) is 26.7 Å². The molecule has 33 heavy (non-hydrogen) atoms. The molecule has 0 saturated carbocycles. The minimum atomic E-state index is -3.92. The average molecular weight is 477 g/mol. The fraction of sp³-hybridized carbons (Fsp3) is 0.524. The molecule has 12 heteroatoms. The molecule has 11 nitrogen and oxygen atoms in total. The third kappa shape index (κ3) is 4.58. The van der Waals surface area contributed by atoms with Gasteiger partial charge in [0.25, 0.3) is 0 Å². The highest BCUT2D eigenvalue weighted by atomic mass is 32.2. The predicted octanol–water partition coefficient (Wildman–Crippen LogP) is 0.845. The van der Waals surface area contributed by atoms with E-state index in [1.165, 1.54) is 29.8 Å². The molecule has 0 unspecified atom stereocenters. The van der Waals surface area contributed by atoms with Gasteiger partial charge in [0, 0.05) is 46.2 Å². The zero-order valence-electron chi connectivity index (χ0n) is 19.0. The van der Waals surface area contributed by atoms with Gasteiger partial charge in [0.15, 0.2) is 5.58 Å². The van der Waals surface area contributed by atoms with Crippen molar-refractivity contribution in [2.45, 2.75) is 37.6 Å². The van der Waals surface area contributed by atoms with Crippen molar-refractivity contribution in [3.05, 3.63) is 40.9 Å². The van der Waals surface area contributed by atoms with Crippen LogP contribution in [0, 0.1) is 5.92 Å². The van der Waals surface area contributed by atoms with Crippen molar-refractivity contribution < 1.29 is 17.6 Å². The molecule has 3 heterocycles. The highest BCUT2D eigenvalue weighted by Gasteiger charge is 2.29. The molecule has 0 N–H and O–H groups in total. The highest BCUT2D eigenvalue weighted by molar-refractivity contribution is 7.89. The molecule has 3 aromatic rings. The SMILES string of the molecule is CCn1cnnc1CC1CCN(C(=O)CN(C)S(=O)(=O)c2ccc3c(c2)oc(=O)n3C)CC1. The quantitative estimate of drug-likeness (QED) is 0.495. The normalized spacial score (nSPS) is 15.6. The largest absolute Gasteiger partial charge is 0.419 e. The molecule has 1 amide bonds. The topological polar surface area (TPSA) is 124 Å². The number of hydrogen-bond acceptors (Lipinski definition) is 7. The Labute approximate surface area is 191 Å². The second kappa shape index (κ2) is 9.10. The molecule has 0 aliphatic carbocycles. The highest BCUT2D eigenvalue weighted by Crippen LogP contribution is 2.23. The maximum atomic E-state index is 13.0. The van der Waals surface area contributed by atoms with E-state index in [0.29, 0.717) is 24.5 Å². The zero-order valence-corrected chi connectivity index (χ0v) is 19.8. The molecule has 4 rings (SSSR count). The molecule has 0 bridgehead atoms. The zero-order chi connectivity index (χ0) is 23.8. The number of oxazole rings is 1. The number of amides is 1. The van der Waals surface area contributed by atoms with E-state index >= 15 is 0 Å². The molecular weight excluding hydrogens is 448 g/mol. The van der Waals surface area contributed by atoms with Crippen LogP contribution in [-0.4, -0.2) is 69.5 Å². The lowest BCUT2D eigenvalue weighted by Crippen LogP contribution is -2.44.